The minimum absolute atomic E-state index is 0.150. The highest BCUT2D eigenvalue weighted by atomic mass is 16.4. The number of unbranched alkanes of at least 4 members (excludes halogenated alkanes) is 4. The lowest BCUT2D eigenvalue weighted by molar-refractivity contribution is -0.699. The molecule has 9 heteroatoms. The van der Waals surface area contributed by atoms with Crippen LogP contribution in [-0.4, -0.2) is 75.6 Å². The summed E-state index contributed by atoms with van der Waals surface area (Å²) in [5, 5.41) is 60.7. The van der Waals surface area contributed by atoms with Crippen molar-refractivity contribution in [3.05, 3.63) is 12.2 Å². The normalized spacial score (nSPS) is 36.2. The molecule has 2 saturated carbocycles. The van der Waals surface area contributed by atoms with Crippen LogP contribution >= 0.6 is 0 Å². The molecule has 0 aromatic rings. The zero-order valence-corrected chi connectivity index (χ0v) is 32.4. The van der Waals surface area contributed by atoms with E-state index in [0.717, 1.165) is 90.1 Å². The lowest BCUT2D eigenvalue weighted by Gasteiger charge is -2.30. The number of hydrogen-bond donors (Lipinski definition) is 7. The topological polar surface area (TPSA) is 180 Å². The van der Waals surface area contributed by atoms with Gasteiger partial charge in [0.05, 0.1) is 43.0 Å². The number of carbonyl (C=O) groups excluding carboxylic acids is 1. The average molecular weight is 721 g/mol. The van der Waals surface area contributed by atoms with Gasteiger partial charge in [0.1, 0.15) is 6.17 Å². The molecule has 0 aromatic carbocycles. The second kappa shape index (κ2) is 21.7. The van der Waals surface area contributed by atoms with E-state index in [-0.39, 0.29) is 30.7 Å². The number of aliphatic carboxylic acids is 1. The summed E-state index contributed by atoms with van der Waals surface area (Å²) in [4.78, 5) is 12.2. The van der Waals surface area contributed by atoms with Gasteiger partial charge in [-0.2, -0.15) is 0 Å². The first-order chi connectivity index (χ1) is 24.4. The van der Waals surface area contributed by atoms with E-state index in [1.165, 1.54) is 25.7 Å². The van der Waals surface area contributed by atoms with Crippen LogP contribution in [-0.2, 0) is 4.79 Å². The molecular formula is C42H78N3O6+. The Hall–Kier alpha value is -1.07. The third-order valence-corrected chi connectivity index (χ3v) is 13.6. The van der Waals surface area contributed by atoms with E-state index in [0.29, 0.717) is 67.7 Å². The van der Waals surface area contributed by atoms with Gasteiger partial charge in [-0.05, 0) is 108 Å². The van der Waals surface area contributed by atoms with E-state index in [1.54, 1.807) is 0 Å². The van der Waals surface area contributed by atoms with Crippen LogP contribution in [0.25, 0.3) is 0 Å². The zero-order valence-electron chi connectivity index (χ0n) is 32.4. The minimum atomic E-state index is -1.20. The maximum absolute atomic E-state index is 12.2. The largest absolute Gasteiger partial charge is 0.550 e. The van der Waals surface area contributed by atoms with Crippen molar-refractivity contribution < 1.29 is 41.0 Å². The second-order valence-electron chi connectivity index (χ2n) is 18.1. The predicted octanol–water partition coefficient (Wildman–Crippen LogP) is 2.88. The van der Waals surface area contributed by atoms with Crippen molar-refractivity contribution in [2.45, 2.75) is 191 Å². The van der Waals surface area contributed by atoms with Crippen LogP contribution in [0.3, 0.4) is 0 Å². The Morgan fingerprint density at radius 1 is 0.980 bits per heavy atom. The van der Waals surface area contributed by atoms with Crippen LogP contribution < -0.4 is 21.5 Å². The van der Waals surface area contributed by atoms with Gasteiger partial charge in [0, 0.05) is 36.6 Å². The van der Waals surface area contributed by atoms with E-state index < -0.39 is 23.6 Å². The van der Waals surface area contributed by atoms with E-state index in [2.05, 4.69) is 36.6 Å². The Morgan fingerprint density at radius 3 is 2.49 bits per heavy atom. The summed E-state index contributed by atoms with van der Waals surface area (Å²) in [7, 11) is 0. The zero-order chi connectivity index (χ0) is 36.8. The molecule has 3 aliphatic carbocycles. The highest BCUT2D eigenvalue weighted by Crippen LogP contribution is 2.45. The number of hydrogen-bond acceptors (Lipinski definition) is 7. The Bertz CT molecular complexity index is 1030. The molecule has 0 spiro atoms. The number of rotatable bonds is 22. The Morgan fingerprint density at radius 2 is 1.76 bits per heavy atom. The van der Waals surface area contributed by atoms with E-state index in [4.69, 9.17) is 5.73 Å². The molecule has 10 N–H and O–H groups in total. The number of quaternary nitrogens is 2. The molecule has 9 nitrogen and oxygen atoms in total. The molecule has 0 radical (unpaired) electrons. The quantitative estimate of drug-likeness (QED) is 0.0664. The summed E-state index contributed by atoms with van der Waals surface area (Å²) < 4.78 is 0. The average Bonchev–Trinajstić information content (AvgIpc) is 3.39. The number of aliphatic hydroxyl groups excluding tert-OH is 3. The second-order valence-corrected chi connectivity index (χ2v) is 18.1. The monoisotopic (exact) mass is 721 g/mol. The minimum Gasteiger partial charge on any atom is -0.550 e. The molecule has 51 heavy (non-hydrogen) atoms. The number of allylic oxidation sites excluding steroid dienone is 1. The van der Waals surface area contributed by atoms with Gasteiger partial charge in [-0.25, -0.2) is 0 Å². The molecule has 4 rings (SSSR count). The fourth-order valence-corrected chi connectivity index (χ4v) is 10.6. The lowest BCUT2D eigenvalue weighted by atomic mass is 9.81. The number of carboxylic acid groups (broad SMARTS) is 1. The summed E-state index contributed by atoms with van der Waals surface area (Å²) in [5.41, 5.74) is 5.41. The van der Waals surface area contributed by atoms with E-state index >= 15 is 0 Å². The standard InChI is InChI=1S/C42H77N3O6/c1-3-4-6-10-30-15-16-33(39(48)24-30)12-7-5-8-14-37(41(49)50)38(47)17-19-42(51)26-34(22-32-18-20-44-40(43)25-32)35(27-42)28-45-29(2)21-31-11-9-13-36(46)23-31/h15-16,29-40,44-48,51H,3-14,17-28,43H2,1-2H3,(H,49,50)/p+1/t29-,30+,31?,32?,33-,34-,35+,36?,37+,38-,39-,40?,42+/m1/s1. The summed E-state index contributed by atoms with van der Waals surface area (Å²) in [6.45, 7) is 6.53. The molecule has 3 fully saturated rings. The Balaban J connectivity index is 1.22. The van der Waals surface area contributed by atoms with Gasteiger partial charge in [0.25, 0.3) is 0 Å². The molecule has 0 aromatic heterocycles. The molecule has 1 aliphatic heterocycles. The van der Waals surface area contributed by atoms with E-state index in [9.17, 15) is 30.3 Å². The highest BCUT2D eigenvalue weighted by molar-refractivity contribution is 5.68. The first kappa shape index (κ1) is 42.7. The van der Waals surface area contributed by atoms with Gasteiger partial charge in [-0.1, -0.05) is 70.4 Å². The molecule has 4 aliphatic rings. The third-order valence-electron chi connectivity index (χ3n) is 13.6. The molecule has 1 heterocycles. The fourth-order valence-electron chi connectivity index (χ4n) is 10.6. The predicted molar refractivity (Wildman–Crippen MR) is 200 cm³/mol. The van der Waals surface area contributed by atoms with Crippen molar-refractivity contribution in [1.29, 1.82) is 0 Å². The summed E-state index contributed by atoms with van der Waals surface area (Å²) in [5.74, 6) is 0.447. The number of aliphatic hydroxyl groups is 4. The number of piperidine rings is 1. The van der Waals surface area contributed by atoms with Crippen LogP contribution in [0.4, 0.5) is 0 Å². The summed E-state index contributed by atoms with van der Waals surface area (Å²) in [6.07, 6.45) is 23.2. The van der Waals surface area contributed by atoms with Gasteiger partial charge >= 0.3 is 0 Å². The number of carbonyl (C=O) groups is 1. The van der Waals surface area contributed by atoms with Crippen LogP contribution in [0.15, 0.2) is 12.2 Å². The van der Waals surface area contributed by atoms with Gasteiger partial charge in [0.15, 0.2) is 0 Å². The van der Waals surface area contributed by atoms with Crippen LogP contribution in [0.5, 0.6) is 0 Å². The van der Waals surface area contributed by atoms with Crippen molar-refractivity contribution in [1.82, 2.24) is 0 Å². The van der Waals surface area contributed by atoms with Crippen LogP contribution in [0, 0.1) is 41.4 Å². The first-order valence-electron chi connectivity index (χ1n) is 21.5. The molecule has 1 saturated heterocycles. The Labute approximate surface area is 310 Å². The molecule has 0 bridgehead atoms. The molecular weight excluding hydrogens is 642 g/mol. The molecule has 296 valence electrons. The van der Waals surface area contributed by atoms with Crippen LogP contribution in [0.2, 0.25) is 0 Å². The smallest absolute Gasteiger partial charge is 0.137 e. The number of carboxylic acids is 1. The fraction of sp³-hybridized carbons (Fsp3) is 0.929. The lowest BCUT2D eigenvalue weighted by Crippen LogP contribution is -2.94. The van der Waals surface area contributed by atoms with Gasteiger partial charge < -0.3 is 41.0 Å². The molecule has 4 unspecified atom stereocenters. The maximum Gasteiger partial charge on any atom is 0.137 e. The highest BCUT2D eigenvalue weighted by Gasteiger charge is 2.46. The molecule has 13 atom stereocenters. The number of nitrogens with two attached hydrogens (primary N) is 3. The van der Waals surface area contributed by atoms with E-state index in [1.807, 2.05) is 0 Å². The van der Waals surface area contributed by atoms with Crippen molar-refractivity contribution in [2.75, 3.05) is 13.1 Å². The first-order valence-corrected chi connectivity index (χ1v) is 21.5. The van der Waals surface area contributed by atoms with Gasteiger partial charge in [-0.3, -0.25) is 5.73 Å². The van der Waals surface area contributed by atoms with Crippen LogP contribution in [0.1, 0.15) is 155 Å². The SMILES string of the molecule is CCCCC[C@H]1C=C[C@@H](CCCCC[C@H](C(=O)[O-])[C@H](O)CC[C@@]2(O)C[C@@H](C[NH2+][C@H](C)CC3CCCC(O)C3)[C@H](CC3CC[NH2+]C(N)C3)C2)[C@H](O)C1. The van der Waals surface area contributed by atoms with Crippen molar-refractivity contribution in [3.8, 4) is 0 Å². The van der Waals surface area contributed by atoms with Crippen molar-refractivity contribution >= 4 is 5.97 Å². The molecule has 0 amide bonds. The van der Waals surface area contributed by atoms with Gasteiger partial charge in [-0.15, -0.1) is 0 Å². The van der Waals surface area contributed by atoms with Crippen molar-refractivity contribution in [3.63, 3.8) is 0 Å². The summed E-state index contributed by atoms with van der Waals surface area (Å²) >= 11 is 0. The third kappa shape index (κ3) is 14.6. The maximum atomic E-state index is 12.2. The summed E-state index contributed by atoms with van der Waals surface area (Å²) in [6, 6.07) is 0.467. The van der Waals surface area contributed by atoms with Crippen molar-refractivity contribution in [2.24, 2.45) is 47.2 Å². The Kier molecular flexibility index (Phi) is 18.2. The van der Waals surface area contributed by atoms with Gasteiger partial charge in [0.2, 0.25) is 0 Å².